The Morgan fingerprint density at radius 3 is 1.76 bits per heavy atom. The number of nitrogens with zero attached hydrogens (tertiary/aromatic N) is 2. The van der Waals surface area contributed by atoms with Gasteiger partial charge < -0.3 is 14.5 Å². The first-order chi connectivity index (χ1) is 18.1. The van der Waals surface area contributed by atoms with Crippen LogP contribution in [0.4, 0.5) is 5.69 Å². The first kappa shape index (κ1) is 35.4. The second kappa shape index (κ2) is 18.6. The first-order valence-electron chi connectivity index (χ1n) is 14.7. The fourth-order valence-corrected chi connectivity index (χ4v) is 3.78. The van der Waals surface area contributed by atoms with Crippen molar-refractivity contribution in [3.8, 4) is 5.75 Å². The van der Waals surface area contributed by atoms with Crippen LogP contribution in [0.25, 0.3) is 0 Å². The van der Waals surface area contributed by atoms with Crippen LogP contribution in [0.15, 0.2) is 24.3 Å². The van der Waals surface area contributed by atoms with E-state index in [-0.39, 0.29) is 17.7 Å². The van der Waals surface area contributed by atoms with Crippen molar-refractivity contribution < 1.29 is 19.1 Å². The minimum absolute atomic E-state index is 0.245. The fraction of sp³-hybridized carbons (Fsp3) is 0.710. The molecule has 1 unspecified atom stereocenters. The molecule has 2 saturated heterocycles. The predicted molar refractivity (Wildman–Crippen MR) is 159 cm³/mol. The van der Waals surface area contributed by atoms with E-state index in [9.17, 15) is 14.4 Å². The highest BCUT2D eigenvalue weighted by molar-refractivity contribution is 5.99. The van der Waals surface area contributed by atoms with E-state index in [0.29, 0.717) is 29.9 Å². The molecule has 1 N–H and O–H groups in total. The molecule has 1 atom stereocenters. The Morgan fingerprint density at radius 1 is 0.842 bits per heavy atom. The zero-order valence-corrected chi connectivity index (χ0v) is 25.9. The van der Waals surface area contributed by atoms with Gasteiger partial charge in [-0.3, -0.25) is 19.7 Å². The average molecular weight is 534 g/mol. The summed E-state index contributed by atoms with van der Waals surface area (Å²) in [7, 11) is 0. The Balaban J connectivity index is 0.00000108. The number of ether oxygens (including phenoxy) is 1. The van der Waals surface area contributed by atoms with Crippen LogP contribution < -0.4 is 15.0 Å². The van der Waals surface area contributed by atoms with Gasteiger partial charge in [-0.25, -0.2) is 0 Å². The van der Waals surface area contributed by atoms with Crippen molar-refractivity contribution in [2.45, 2.75) is 107 Å². The van der Waals surface area contributed by atoms with Gasteiger partial charge in [-0.15, -0.1) is 0 Å². The Bertz CT molecular complexity index is 799. The normalized spacial score (nSPS) is 18.8. The van der Waals surface area contributed by atoms with E-state index in [4.69, 9.17) is 4.74 Å². The van der Waals surface area contributed by atoms with Crippen molar-refractivity contribution in [3.63, 3.8) is 0 Å². The largest absolute Gasteiger partial charge is 0.481 e. The molecular formula is C31H55N3O4. The SMILES string of the molecule is CC.CC.CC.CC(C)(C)C.O=C1CCC(Oc2ccc(N3CCN(C(=O)C4CCC4)CC3)cc2)C(=O)N1. The van der Waals surface area contributed by atoms with Gasteiger partial charge in [0.2, 0.25) is 11.8 Å². The van der Waals surface area contributed by atoms with Crippen LogP contribution in [0.5, 0.6) is 5.75 Å². The topological polar surface area (TPSA) is 79.0 Å². The highest BCUT2D eigenvalue weighted by Crippen LogP contribution is 2.29. The van der Waals surface area contributed by atoms with Gasteiger partial charge in [0.1, 0.15) is 5.75 Å². The maximum atomic E-state index is 12.3. The third kappa shape index (κ3) is 12.8. The molecule has 1 aromatic rings. The Kier molecular flexibility index (Phi) is 17.4. The standard InChI is InChI=1S/C20H25N3O4.C5H12.3C2H6/c24-18-9-8-17(19(25)21-18)27-16-6-4-15(5-7-16)22-10-12-23(13-11-22)20(26)14-2-1-3-14;1-5(2,3)4;3*1-2/h4-7,14,17H,1-3,8-13H2,(H,21,24,25);1-4H3;3*1-2H3. The number of nitrogens with one attached hydrogen (secondary N) is 1. The van der Waals surface area contributed by atoms with E-state index in [1.54, 1.807) is 0 Å². The van der Waals surface area contributed by atoms with Crippen LogP contribution in [0.1, 0.15) is 101 Å². The molecule has 2 heterocycles. The molecule has 0 spiro atoms. The lowest BCUT2D eigenvalue weighted by Gasteiger charge is -2.39. The molecule has 0 bridgehead atoms. The molecule has 218 valence electrons. The zero-order valence-electron chi connectivity index (χ0n) is 25.9. The molecule has 38 heavy (non-hydrogen) atoms. The van der Waals surface area contributed by atoms with Crippen molar-refractivity contribution in [2.75, 3.05) is 31.1 Å². The summed E-state index contributed by atoms with van der Waals surface area (Å²) in [5, 5.41) is 2.30. The molecule has 2 aliphatic heterocycles. The number of hydrogen-bond donors (Lipinski definition) is 1. The van der Waals surface area contributed by atoms with Crippen LogP contribution in [0, 0.1) is 11.3 Å². The summed E-state index contributed by atoms with van der Waals surface area (Å²) in [6.07, 6.45) is 3.38. The Labute approximate surface area is 232 Å². The molecule has 3 aliphatic rings. The van der Waals surface area contributed by atoms with Gasteiger partial charge in [-0.1, -0.05) is 75.7 Å². The number of piperazine rings is 1. The van der Waals surface area contributed by atoms with E-state index in [1.165, 1.54) is 6.42 Å². The van der Waals surface area contributed by atoms with Gasteiger partial charge in [-0.2, -0.15) is 0 Å². The summed E-state index contributed by atoms with van der Waals surface area (Å²) in [6.45, 7) is 23.9. The fourth-order valence-electron chi connectivity index (χ4n) is 3.78. The summed E-state index contributed by atoms with van der Waals surface area (Å²) < 4.78 is 5.72. The first-order valence-corrected chi connectivity index (χ1v) is 14.7. The monoisotopic (exact) mass is 533 g/mol. The molecule has 3 amide bonds. The summed E-state index contributed by atoms with van der Waals surface area (Å²) in [4.78, 5) is 39.6. The van der Waals surface area contributed by atoms with Crippen molar-refractivity contribution in [1.82, 2.24) is 10.2 Å². The minimum atomic E-state index is -0.616. The van der Waals surface area contributed by atoms with E-state index in [0.717, 1.165) is 44.7 Å². The summed E-state index contributed by atoms with van der Waals surface area (Å²) in [5.74, 6) is 0.592. The number of amides is 3. The Hall–Kier alpha value is -2.57. The molecule has 7 heteroatoms. The number of anilines is 1. The lowest BCUT2D eigenvalue weighted by molar-refractivity contribution is -0.139. The summed E-state index contributed by atoms with van der Waals surface area (Å²) in [6, 6.07) is 7.66. The van der Waals surface area contributed by atoms with Crippen LogP contribution >= 0.6 is 0 Å². The lowest BCUT2D eigenvalue weighted by atomic mass is 9.84. The van der Waals surface area contributed by atoms with Gasteiger partial charge in [0, 0.05) is 50.6 Å². The molecule has 1 aliphatic carbocycles. The highest BCUT2D eigenvalue weighted by Gasteiger charge is 2.31. The molecule has 1 aromatic carbocycles. The number of imide groups is 1. The molecule has 0 aromatic heterocycles. The third-order valence-corrected chi connectivity index (χ3v) is 5.71. The second-order valence-corrected chi connectivity index (χ2v) is 10.5. The van der Waals surface area contributed by atoms with Gasteiger partial charge >= 0.3 is 0 Å². The van der Waals surface area contributed by atoms with Crippen molar-refractivity contribution >= 4 is 23.4 Å². The number of benzene rings is 1. The molecule has 0 radical (unpaired) electrons. The van der Waals surface area contributed by atoms with Gasteiger partial charge in [-0.05, 0) is 42.5 Å². The smallest absolute Gasteiger partial charge is 0.267 e. The minimum Gasteiger partial charge on any atom is -0.481 e. The van der Waals surface area contributed by atoms with Crippen molar-refractivity contribution in [1.29, 1.82) is 0 Å². The van der Waals surface area contributed by atoms with Crippen molar-refractivity contribution in [2.24, 2.45) is 11.3 Å². The molecule has 7 nitrogen and oxygen atoms in total. The number of piperidine rings is 1. The van der Waals surface area contributed by atoms with E-state index < -0.39 is 6.10 Å². The van der Waals surface area contributed by atoms with E-state index >= 15 is 0 Å². The predicted octanol–water partition coefficient (Wildman–Crippen LogP) is 6.45. The van der Waals surface area contributed by atoms with Gasteiger partial charge in [0.15, 0.2) is 6.10 Å². The number of rotatable bonds is 4. The quantitative estimate of drug-likeness (QED) is 0.450. The molecular weight excluding hydrogens is 478 g/mol. The second-order valence-electron chi connectivity index (χ2n) is 10.5. The maximum Gasteiger partial charge on any atom is 0.267 e. The van der Waals surface area contributed by atoms with Crippen LogP contribution in [0.3, 0.4) is 0 Å². The number of carbonyl (C=O) groups excluding carboxylic acids is 3. The van der Waals surface area contributed by atoms with Crippen LogP contribution in [0.2, 0.25) is 0 Å². The highest BCUT2D eigenvalue weighted by atomic mass is 16.5. The third-order valence-electron chi connectivity index (χ3n) is 5.71. The zero-order chi connectivity index (χ0) is 29.3. The lowest BCUT2D eigenvalue weighted by Crippen LogP contribution is -2.51. The van der Waals surface area contributed by atoms with E-state index in [1.807, 2.05) is 70.7 Å². The number of hydrogen-bond acceptors (Lipinski definition) is 5. The average Bonchev–Trinajstić information content (AvgIpc) is 2.88. The van der Waals surface area contributed by atoms with Crippen LogP contribution in [-0.2, 0) is 14.4 Å². The van der Waals surface area contributed by atoms with Gasteiger partial charge in [0.25, 0.3) is 5.91 Å². The van der Waals surface area contributed by atoms with Gasteiger partial charge in [0.05, 0.1) is 0 Å². The maximum absolute atomic E-state index is 12.3. The molecule has 3 fully saturated rings. The van der Waals surface area contributed by atoms with Crippen LogP contribution in [-0.4, -0.2) is 54.9 Å². The van der Waals surface area contributed by atoms with Crippen molar-refractivity contribution in [3.05, 3.63) is 24.3 Å². The summed E-state index contributed by atoms with van der Waals surface area (Å²) >= 11 is 0. The summed E-state index contributed by atoms with van der Waals surface area (Å²) in [5.41, 5.74) is 1.58. The number of carbonyl (C=O) groups is 3. The molecule has 4 rings (SSSR count). The molecule has 1 saturated carbocycles. The van der Waals surface area contributed by atoms with E-state index in [2.05, 4.69) is 37.9 Å². The Morgan fingerprint density at radius 2 is 1.34 bits per heavy atom.